The molecule has 1 amide bonds. The highest BCUT2D eigenvalue weighted by Crippen LogP contribution is 2.33. The maximum atomic E-state index is 12.7. The number of nitrogens with one attached hydrogen (secondary N) is 1. The number of aliphatic hydroxyl groups excluding tert-OH is 1. The van der Waals surface area contributed by atoms with Crippen molar-refractivity contribution in [2.45, 2.75) is 18.9 Å². The topological polar surface area (TPSA) is 126 Å². The quantitative estimate of drug-likeness (QED) is 0.381. The summed E-state index contributed by atoms with van der Waals surface area (Å²) in [5.74, 6) is 2.53. The third-order valence-electron chi connectivity index (χ3n) is 7.35. The number of ether oxygens (including phenoxy) is 2. The Hall–Kier alpha value is -3.73. The van der Waals surface area contributed by atoms with Crippen LogP contribution in [-0.2, 0) is 9.53 Å². The van der Waals surface area contributed by atoms with Crippen molar-refractivity contribution in [3.63, 3.8) is 0 Å². The van der Waals surface area contributed by atoms with E-state index in [0.29, 0.717) is 55.4 Å². The van der Waals surface area contributed by atoms with E-state index in [2.05, 4.69) is 20.2 Å². The van der Waals surface area contributed by atoms with Crippen LogP contribution in [-0.4, -0.2) is 89.4 Å². The van der Waals surface area contributed by atoms with E-state index in [9.17, 15) is 9.90 Å². The fourth-order valence-electron chi connectivity index (χ4n) is 5.04. The van der Waals surface area contributed by atoms with Crippen molar-refractivity contribution in [2.24, 2.45) is 5.92 Å². The number of carbonyl (C=O) groups excluding carboxylic acids is 1. The van der Waals surface area contributed by atoms with Crippen LogP contribution < -0.4 is 15.8 Å². The lowest BCUT2D eigenvalue weighted by atomic mass is 9.93. The number of benzene rings is 2. The van der Waals surface area contributed by atoms with Gasteiger partial charge in [0, 0.05) is 51.6 Å². The molecule has 3 aromatic rings. The highest BCUT2D eigenvalue weighted by Gasteiger charge is 2.30. The summed E-state index contributed by atoms with van der Waals surface area (Å²) in [7, 11) is 0. The van der Waals surface area contributed by atoms with Gasteiger partial charge in [-0.1, -0.05) is 30.3 Å². The largest absolute Gasteiger partial charge is 0.457 e. The molecule has 2 aliphatic heterocycles. The number of aromatic nitrogens is 2. The molecule has 0 unspecified atom stereocenters. The number of anilines is 2. The smallest absolute Gasteiger partial charge is 0.223 e. The van der Waals surface area contributed by atoms with Crippen LogP contribution in [0.3, 0.4) is 0 Å². The predicted octanol–water partition coefficient (Wildman–Crippen LogP) is 2.86. The van der Waals surface area contributed by atoms with E-state index < -0.39 is 6.10 Å². The average Bonchev–Trinajstić information content (AvgIpc) is 2.97. The van der Waals surface area contributed by atoms with Gasteiger partial charge in [0.05, 0.1) is 24.9 Å². The predicted molar refractivity (Wildman–Crippen MR) is 149 cm³/mol. The van der Waals surface area contributed by atoms with Crippen LogP contribution >= 0.6 is 0 Å². The van der Waals surface area contributed by atoms with Crippen molar-refractivity contribution in [1.29, 1.82) is 0 Å². The number of carbonyl (C=O) groups is 1. The minimum absolute atomic E-state index is 0.0148. The van der Waals surface area contributed by atoms with Crippen LogP contribution in [0.15, 0.2) is 60.9 Å². The molecular formula is C29H36N6O4. The molecule has 2 atom stereocenters. The zero-order valence-electron chi connectivity index (χ0n) is 22.0. The number of nitrogens with two attached hydrogens (primary N) is 1. The third kappa shape index (κ3) is 7.03. The number of rotatable bonds is 9. The van der Waals surface area contributed by atoms with Gasteiger partial charge in [0.1, 0.15) is 29.5 Å². The van der Waals surface area contributed by atoms with Crippen LogP contribution in [0.1, 0.15) is 12.8 Å². The monoisotopic (exact) mass is 532 g/mol. The Morgan fingerprint density at radius 3 is 2.54 bits per heavy atom. The molecule has 0 bridgehead atoms. The lowest BCUT2D eigenvalue weighted by Crippen LogP contribution is -2.49. The van der Waals surface area contributed by atoms with Gasteiger partial charge in [-0.3, -0.25) is 9.69 Å². The Morgan fingerprint density at radius 1 is 1.05 bits per heavy atom. The molecule has 0 saturated carbocycles. The number of β-amino-alcohol motifs (C(OH)–C–C–N with tert-alkyl or cyclic N) is 1. The van der Waals surface area contributed by atoms with Gasteiger partial charge in [-0.2, -0.15) is 0 Å². The number of piperidine rings is 1. The number of nitrogens with zero attached hydrogens (tertiary/aromatic N) is 4. The van der Waals surface area contributed by atoms with Crippen molar-refractivity contribution in [1.82, 2.24) is 19.8 Å². The number of aliphatic hydroxyl groups is 1. The number of hydrogen-bond acceptors (Lipinski definition) is 9. The summed E-state index contributed by atoms with van der Waals surface area (Å²) in [6.45, 7) is 5.39. The SMILES string of the molecule is Nc1ncnc(NC[C@@H]2CCN(C(=O)CCN3CCOCC3)C[C@@H]2O)c1-c1ccc(Oc2ccccc2)cc1. The van der Waals surface area contributed by atoms with Crippen LogP contribution in [0, 0.1) is 5.92 Å². The van der Waals surface area contributed by atoms with Crippen molar-refractivity contribution in [2.75, 3.05) is 63.5 Å². The van der Waals surface area contributed by atoms with Gasteiger partial charge in [-0.15, -0.1) is 0 Å². The van der Waals surface area contributed by atoms with Gasteiger partial charge in [-0.05, 0) is 36.2 Å². The zero-order chi connectivity index (χ0) is 27.0. The number of morpholine rings is 1. The molecule has 0 aliphatic carbocycles. The maximum absolute atomic E-state index is 12.7. The highest BCUT2D eigenvalue weighted by molar-refractivity contribution is 5.83. The number of hydrogen-bond donors (Lipinski definition) is 3. The molecule has 0 spiro atoms. The maximum Gasteiger partial charge on any atom is 0.223 e. The van der Waals surface area contributed by atoms with E-state index in [-0.39, 0.29) is 11.8 Å². The van der Waals surface area contributed by atoms with Gasteiger partial charge < -0.3 is 30.5 Å². The Labute approximate surface area is 228 Å². The molecule has 206 valence electrons. The molecule has 1 aromatic heterocycles. The van der Waals surface area contributed by atoms with E-state index in [1.54, 1.807) is 4.90 Å². The first-order valence-corrected chi connectivity index (χ1v) is 13.5. The Kier molecular flexibility index (Phi) is 8.87. The summed E-state index contributed by atoms with van der Waals surface area (Å²) >= 11 is 0. The van der Waals surface area contributed by atoms with Crippen LogP contribution in [0.2, 0.25) is 0 Å². The van der Waals surface area contributed by atoms with Crippen LogP contribution in [0.5, 0.6) is 11.5 Å². The van der Waals surface area contributed by atoms with Crippen molar-refractivity contribution in [3.05, 3.63) is 60.9 Å². The first-order valence-electron chi connectivity index (χ1n) is 13.5. The minimum Gasteiger partial charge on any atom is -0.457 e. The number of para-hydroxylation sites is 1. The molecule has 3 heterocycles. The molecule has 4 N–H and O–H groups in total. The molecule has 0 radical (unpaired) electrons. The molecule has 10 nitrogen and oxygen atoms in total. The fourth-order valence-corrected chi connectivity index (χ4v) is 5.04. The van der Waals surface area contributed by atoms with Crippen LogP contribution in [0.25, 0.3) is 11.1 Å². The molecular weight excluding hydrogens is 496 g/mol. The minimum atomic E-state index is -0.615. The molecule has 10 heteroatoms. The van der Waals surface area contributed by atoms with Crippen molar-refractivity contribution in [3.8, 4) is 22.6 Å². The second kappa shape index (κ2) is 12.9. The fraction of sp³-hybridized carbons (Fsp3) is 0.414. The lowest BCUT2D eigenvalue weighted by Gasteiger charge is -2.36. The summed E-state index contributed by atoms with van der Waals surface area (Å²) in [5.41, 5.74) is 7.82. The summed E-state index contributed by atoms with van der Waals surface area (Å²) < 4.78 is 11.3. The van der Waals surface area contributed by atoms with Gasteiger partial charge in [0.15, 0.2) is 0 Å². The molecule has 2 aromatic carbocycles. The molecule has 5 rings (SSSR count). The van der Waals surface area contributed by atoms with E-state index in [0.717, 1.165) is 44.2 Å². The van der Waals surface area contributed by atoms with Gasteiger partial charge in [0.2, 0.25) is 5.91 Å². The summed E-state index contributed by atoms with van der Waals surface area (Å²) in [4.78, 5) is 25.4. The Balaban J connectivity index is 1.16. The number of nitrogen functional groups attached to an aromatic ring is 1. The molecule has 39 heavy (non-hydrogen) atoms. The van der Waals surface area contributed by atoms with Gasteiger partial charge in [-0.25, -0.2) is 9.97 Å². The standard InChI is InChI=1S/C29H36N6O4/c30-28-27(21-6-8-24(9-7-21)39-23-4-2-1-3-5-23)29(33-20-32-28)31-18-22-10-13-35(19-25(22)36)26(37)11-12-34-14-16-38-17-15-34/h1-9,20,22,25,36H,10-19H2,(H3,30,31,32,33)/t22-,25-/m0/s1. The molecule has 2 saturated heterocycles. The number of likely N-dealkylation sites (tertiary alicyclic amines) is 1. The van der Waals surface area contributed by atoms with Crippen LogP contribution in [0.4, 0.5) is 11.6 Å². The van der Waals surface area contributed by atoms with E-state index in [1.807, 2.05) is 54.6 Å². The Morgan fingerprint density at radius 2 is 1.79 bits per heavy atom. The van der Waals surface area contributed by atoms with Gasteiger partial charge in [0.25, 0.3) is 0 Å². The summed E-state index contributed by atoms with van der Waals surface area (Å²) in [6.07, 6.45) is 1.99. The highest BCUT2D eigenvalue weighted by atomic mass is 16.5. The summed E-state index contributed by atoms with van der Waals surface area (Å²) in [5, 5.41) is 14.2. The normalized spacial score (nSPS) is 20.0. The summed E-state index contributed by atoms with van der Waals surface area (Å²) in [6, 6.07) is 17.2. The third-order valence-corrected chi connectivity index (χ3v) is 7.35. The number of amides is 1. The average molecular weight is 533 g/mol. The molecule has 2 aliphatic rings. The Bertz CT molecular complexity index is 1220. The molecule has 2 fully saturated rings. The van der Waals surface area contributed by atoms with Crippen molar-refractivity contribution < 1.29 is 19.4 Å². The lowest BCUT2D eigenvalue weighted by molar-refractivity contribution is -0.136. The van der Waals surface area contributed by atoms with E-state index >= 15 is 0 Å². The zero-order valence-corrected chi connectivity index (χ0v) is 22.0. The first-order chi connectivity index (χ1) is 19.1. The van der Waals surface area contributed by atoms with E-state index in [1.165, 1.54) is 6.33 Å². The van der Waals surface area contributed by atoms with E-state index in [4.69, 9.17) is 15.2 Å². The second-order valence-corrected chi connectivity index (χ2v) is 9.96. The second-order valence-electron chi connectivity index (χ2n) is 9.96. The van der Waals surface area contributed by atoms with Gasteiger partial charge >= 0.3 is 0 Å². The van der Waals surface area contributed by atoms with Crippen molar-refractivity contribution >= 4 is 17.5 Å². The first kappa shape index (κ1) is 26.9.